The summed E-state index contributed by atoms with van der Waals surface area (Å²) >= 11 is 0. The molecule has 2 aliphatic rings. The fraction of sp³-hybridized carbons (Fsp3) is 0.818. The smallest absolute Gasteiger partial charge is 0.240 e. The molecule has 0 N–H and O–H groups in total. The molecule has 0 radical (unpaired) electrons. The molecule has 1 saturated carbocycles. The van der Waals surface area contributed by atoms with Crippen LogP contribution in [0.3, 0.4) is 0 Å². The Morgan fingerprint density at radius 2 is 2.17 bits per heavy atom. The molecule has 0 spiro atoms. The number of sulfone groups is 1. The Morgan fingerprint density at radius 3 is 2.78 bits per heavy atom. The molecule has 1 atom stereocenters. The highest BCUT2D eigenvalue weighted by atomic mass is 32.2. The third-order valence-corrected chi connectivity index (χ3v) is 5.39. The first-order valence-corrected chi connectivity index (χ1v) is 8.09. The molecule has 0 aromatic carbocycles. The van der Waals surface area contributed by atoms with Crippen LogP contribution in [0.2, 0.25) is 0 Å². The highest BCUT2D eigenvalue weighted by Crippen LogP contribution is 2.38. The second-order valence-electron chi connectivity index (χ2n) is 5.29. The third-order valence-electron chi connectivity index (χ3n) is 3.64. The van der Waals surface area contributed by atoms with Crippen LogP contribution in [0.5, 0.6) is 0 Å². The monoisotopic (exact) mass is 271 g/mol. The maximum atomic E-state index is 11.4. The van der Waals surface area contributed by atoms with Crippen molar-refractivity contribution in [3.63, 3.8) is 0 Å². The van der Waals surface area contributed by atoms with E-state index in [1.54, 1.807) is 0 Å². The van der Waals surface area contributed by atoms with Gasteiger partial charge in [0.25, 0.3) is 0 Å². The Kier molecular flexibility index (Phi) is 2.90. The van der Waals surface area contributed by atoms with Gasteiger partial charge < -0.3 is 4.52 Å². The quantitative estimate of drug-likeness (QED) is 0.796. The lowest BCUT2D eigenvalue weighted by molar-refractivity contribution is 0.217. The van der Waals surface area contributed by atoms with Crippen molar-refractivity contribution in [1.29, 1.82) is 0 Å². The van der Waals surface area contributed by atoms with Crippen molar-refractivity contribution in [3.8, 4) is 0 Å². The number of aromatic nitrogens is 2. The summed E-state index contributed by atoms with van der Waals surface area (Å²) in [4.78, 5) is 6.35. The Hall–Kier alpha value is -0.950. The van der Waals surface area contributed by atoms with Gasteiger partial charge in [0.15, 0.2) is 15.7 Å². The highest BCUT2D eigenvalue weighted by molar-refractivity contribution is 7.91. The molecular weight excluding hydrogens is 254 g/mol. The fourth-order valence-corrected chi connectivity index (χ4v) is 4.11. The van der Waals surface area contributed by atoms with E-state index in [1.807, 2.05) is 11.9 Å². The van der Waals surface area contributed by atoms with Crippen LogP contribution in [-0.4, -0.2) is 48.1 Å². The van der Waals surface area contributed by atoms with E-state index in [-0.39, 0.29) is 11.8 Å². The second kappa shape index (κ2) is 4.31. The van der Waals surface area contributed by atoms with Crippen LogP contribution in [0.15, 0.2) is 4.52 Å². The van der Waals surface area contributed by atoms with E-state index in [0.717, 1.165) is 18.7 Å². The van der Waals surface area contributed by atoms with E-state index in [1.165, 1.54) is 0 Å². The van der Waals surface area contributed by atoms with Crippen LogP contribution in [0.25, 0.3) is 0 Å². The molecular formula is C11H17N3O3S. The number of hydrogen-bond donors (Lipinski definition) is 0. The van der Waals surface area contributed by atoms with Crippen molar-refractivity contribution in [3.05, 3.63) is 11.7 Å². The van der Waals surface area contributed by atoms with Crippen molar-refractivity contribution in [2.45, 2.75) is 37.8 Å². The number of nitrogens with zero attached hydrogens (tertiary/aromatic N) is 3. The van der Waals surface area contributed by atoms with Gasteiger partial charge in [-0.25, -0.2) is 8.42 Å². The molecule has 2 heterocycles. The lowest BCUT2D eigenvalue weighted by Gasteiger charge is -2.20. The van der Waals surface area contributed by atoms with E-state index in [2.05, 4.69) is 10.1 Å². The van der Waals surface area contributed by atoms with Crippen LogP contribution in [0.1, 0.15) is 36.9 Å². The normalized spacial score (nSPS) is 26.9. The zero-order chi connectivity index (χ0) is 12.8. The summed E-state index contributed by atoms with van der Waals surface area (Å²) in [6.45, 7) is 0.528. The first-order chi connectivity index (χ1) is 8.53. The predicted molar refractivity (Wildman–Crippen MR) is 64.8 cm³/mol. The van der Waals surface area contributed by atoms with Gasteiger partial charge in [-0.2, -0.15) is 4.98 Å². The van der Waals surface area contributed by atoms with Gasteiger partial charge in [0.05, 0.1) is 18.1 Å². The maximum absolute atomic E-state index is 11.4. The molecule has 0 amide bonds. The minimum atomic E-state index is -2.84. The van der Waals surface area contributed by atoms with Gasteiger partial charge in [0.1, 0.15) is 0 Å². The van der Waals surface area contributed by atoms with E-state index < -0.39 is 9.84 Å². The first kappa shape index (κ1) is 12.1. The Morgan fingerprint density at radius 1 is 1.39 bits per heavy atom. The van der Waals surface area contributed by atoms with E-state index in [4.69, 9.17) is 4.52 Å². The Labute approximate surface area is 106 Å². The number of rotatable bonds is 4. The lowest BCUT2D eigenvalue weighted by Crippen LogP contribution is -2.32. The van der Waals surface area contributed by atoms with Gasteiger partial charge in [0.2, 0.25) is 5.89 Å². The van der Waals surface area contributed by atoms with Crippen molar-refractivity contribution < 1.29 is 12.9 Å². The first-order valence-electron chi connectivity index (χ1n) is 6.27. The molecule has 1 saturated heterocycles. The number of hydrogen-bond acceptors (Lipinski definition) is 6. The van der Waals surface area contributed by atoms with Crippen molar-refractivity contribution in [2.75, 3.05) is 18.6 Å². The second-order valence-corrected chi connectivity index (χ2v) is 7.52. The standard InChI is InChI=1S/C11H17N3O3S/c1-14(9-4-5-18(15,16)7-9)6-10-12-11(13-17-10)8-2-3-8/h8-9H,2-7H2,1H3/t9-/m1/s1. The largest absolute Gasteiger partial charge is 0.338 e. The van der Waals surface area contributed by atoms with Gasteiger partial charge >= 0.3 is 0 Å². The van der Waals surface area contributed by atoms with Gasteiger partial charge in [-0.1, -0.05) is 5.16 Å². The summed E-state index contributed by atoms with van der Waals surface area (Å²) in [6.07, 6.45) is 2.99. The fourth-order valence-electron chi connectivity index (χ4n) is 2.31. The molecule has 100 valence electrons. The molecule has 0 bridgehead atoms. The molecule has 1 aliphatic heterocycles. The SMILES string of the molecule is CN(Cc1nc(C2CC2)no1)[C@@H]1CCS(=O)(=O)C1. The van der Waals surface area contributed by atoms with Gasteiger partial charge in [0, 0.05) is 12.0 Å². The zero-order valence-corrected chi connectivity index (χ0v) is 11.2. The van der Waals surface area contributed by atoms with Crippen LogP contribution < -0.4 is 0 Å². The molecule has 6 nitrogen and oxygen atoms in total. The van der Waals surface area contributed by atoms with Crippen LogP contribution in [0.4, 0.5) is 0 Å². The van der Waals surface area contributed by atoms with Gasteiger partial charge in [-0.05, 0) is 26.3 Å². The predicted octanol–water partition coefficient (Wildman–Crippen LogP) is 0.566. The molecule has 18 heavy (non-hydrogen) atoms. The zero-order valence-electron chi connectivity index (χ0n) is 10.4. The van der Waals surface area contributed by atoms with E-state index in [9.17, 15) is 8.42 Å². The molecule has 3 rings (SSSR count). The van der Waals surface area contributed by atoms with E-state index >= 15 is 0 Å². The topological polar surface area (TPSA) is 76.3 Å². The molecule has 7 heteroatoms. The molecule has 1 aliphatic carbocycles. The summed E-state index contributed by atoms with van der Waals surface area (Å²) in [6, 6.07) is 0.0753. The van der Waals surface area contributed by atoms with E-state index in [0.29, 0.717) is 30.5 Å². The van der Waals surface area contributed by atoms with Gasteiger partial charge in [-0.3, -0.25) is 4.90 Å². The van der Waals surface area contributed by atoms with Crippen LogP contribution in [0, 0.1) is 0 Å². The lowest BCUT2D eigenvalue weighted by atomic mass is 10.2. The maximum Gasteiger partial charge on any atom is 0.240 e. The summed E-state index contributed by atoms with van der Waals surface area (Å²) in [7, 11) is -0.930. The third kappa shape index (κ3) is 2.56. The van der Waals surface area contributed by atoms with Crippen molar-refractivity contribution in [2.24, 2.45) is 0 Å². The molecule has 0 unspecified atom stereocenters. The van der Waals surface area contributed by atoms with Gasteiger partial charge in [-0.15, -0.1) is 0 Å². The average Bonchev–Trinajstić information content (AvgIpc) is 2.95. The van der Waals surface area contributed by atoms with Crippen molar-refractivity contribution >= 4 is 9.84 Å². The summed E-state index contributed by atoms with van der Waals surface area (Å²) in [5.74, 6) is 2.41. The molecule has 2 fully saturated rings. The van der Waals surface area contributed by atoms with Crippen LogP contribution in [-0.2, 0) is 16.4 Å². The minimum absolute atomic E-state index is 0.0753. The van der Waals surface area contributed by atoms with Crippen molar-refractivity contribution in [1.82, 2.24) is 15.0 Å². The Balaban J connectivity index is 1.61. The molecule has 1 aromatic rings. The summed E-state index contributed by atoms with van der Waals surface area (Å²) < 4.78 is 28.0. The minimum Gasteiger partial charge on any atom is -0.338 e. The summed E-state index contributed by atoms with van der Waals surface area (Å²) in [5.41, 5.74) is 0. The molecule has 1 aromatic heterocycles. The average molecular weight is 271 g/mol. The summed E-state index contributed by atoms with van der Waals surface area (Å²) in [5, 5.41) is 3.96. The van der Waals surface area contributed by atoms with Crippen LogP contribution >= 0.6 is 0 Å². The highest BCUT2D eigenvalue weighted by Gasteiger charge is 2.32. The Bertz CT molecular complexity index is 535.